The molecule has 13 heteroatoms. The highest BCUT2D eigenvalue weighted by atomic mass is 31.2. The molecule has 0 saturated carbocycles. The molecule has 1 aliphatic heterocycles. The maximum Gasteiger partial charge on any atom is 0.459 e. The molecule has 2 aromatic carbocycles. The van der Waals surface area contributed by atoms with Crippen LogP contribution in [0.1, 0.15) is 40.8 Å². The van der Waals surface area contributed by atoms with Crippen molar-refractivity contribution in [3.8, 4) is 5.75 Å². The van der Waals surface area contributed by atoms with Gasteiger partial charge in [-0.1, -0.05) is 43.3 Å². The number of nitrogens with two attached hydrogens (primary N) is 1. The van der Waals surface area contributed by atoms with Crippen LogP contribution in [0.4, 0.5) is 5.82 Å². The highest BCUT2D eigenvalue weighted by Gasteiger charge is 2.47. The summed E-state index contributed by atoms with van der Waals surface area (Å²) in [7, 11) is -4.30. The van der Waals surface area contributed by atoms with Crippen molar-refractivity contribution in [1.82, 2.24) is 14.6 Å². The Balaban J connectivity index is 1.61. The molecule has 0 bridgehead atoms. The van der Waals surface area contributed by atoms with Gasteiger partial charge in [-0.15, -0.1) is 0 Å². The third kappa shape index (κ3) is 6.54. The van der Waals surface area contributed by atoms with Crippen molar-refractivity contribution < 1.29 is 33.0 Å². The molecule has 216 valence electrons. The molecule has 1 aromatic heterocycles. The zero-order valence-corrected chi connectivity index (χ0v) is 23.9. The van der Waals surface area contributed by atoms with Gasteiger partial charge in [-0.2, -0.15) is 10.1 Å². The number of hydrogen-bond donors (Lipinski definition) is 3. The van der Waals surface area contributed by atoms with Crippen LogP contribution in [0.25, 0.3) is 10.8 Å². The number of fused-ring (bicyclic) bond motifs is 1. The van der Waals surface area contributed by atoms with Crippen molar-refractivity contribution in [1.29, 1.82) is 0 Å². The van der Waals surface area contributed by atoms with Crippen molar-refractivity contribution in [2.24, 2.45) is 5.92 Å². The number of benzene rings is 2. The summed E-state index contributed by atoms with van der Waals surface area (Å²) >= 11 is 0. The van der Waals surface area contributed by atoms with Crippen molar-refractivity contribution in [3.05, 3.63) is 65.2 Å². The van der Waals surface area contributed by atoms with E-state index in [0.717, 1.165) is 5.39 Å². The maximum absolute atomic E-state index is 14.2. The van der Waals surface area contributed by atoms with Crippen LogP contribution in [0.3, 0.4) is 0 Å². The van der Waals surface area contributed by atoms with Gasteiger partial charge in [0.1, 0.15) is 29.9 Å². The van der Waals surface area contributed by atoms with Crippen LogP contribution < -0.4 is 21.0 Å². The Bertz CT molecular complexity index is 1460. The predicted molar refractivity (Wildman–Crippen MR) is 149 cm³/mol. The smallest absolute Gasteiger partial charge is 0.459 e. The van der Waals surface area contributed by atoms with Crippen molar-refractivity contribution in [2.45, 2.75) is 71.3 Å². The predicted octanol–water partition coefficient (Wildman–Crippen LogP) is 3.40. The lowest BCUT2D eigenvalue weighted by atomic mass is 9.99. The van der Waals surface area contributed by atoms with Gasteiger partial charge in [-0.25, -0.2) is 9.36 Å². The molecule has 4 rings (SSSR count). The Morgan fingerprint density at radius 2 is 1.85 bits per heavy atom. The fourth-order valence-electron chi connectivity index (χ4n) is 4.55. The highest BCUT2D eigenvalue weighted by molar-refractivity contribution is 7.52. The largest absolute Gasteiger partial charge is 0.462 e. The molecule has 0 aliphatic carbocycles. The summed E-state index contributed by atoms with van der Waals surface area (Å²) in [6, 6.07) is 13.0. The van der Waals surface area contributed by atoms with Crippen molar-refractivity contribution in [3.63, 3.8) is 0 Å². The van der Waals surface area contributed by atoms with Crippen LogP contribution in [-0.4, -0.2) is 51.1 Å². The van der Waals surface area contributed by atoms with E-state index in [-0.39, 0.29) is 17.7 Å². The number of nitrogens with one attached hydrogen (secondary N) is 1. The molecule has 2 heterocycles. The van der Waals surface area contributed by atoms with Crippen LogP contribution in [0.15, 0.2) is 59.5 Å². The van der Waals surface area contributed by atoms with E-state index >= 15 is 0 Å². The summed E-state index contributed by atoms with van der Waals surface area (Å²) in [5.74, 6) is -0.868. The van der Waals surface area contributed by atoms with E-state index in [1.54, 1.807) is 39.8 Å². The number of aliphatic hydroxyl groups excluding tert-OH is 1. The van der Waals surface area contributed by atoms with E-state index in [1.807, 2.05) is 30.3 Å². The molecule has 7 atom stereocenters. The van der Waals surface area contributed by atoms with Crippen molar-refractivity contribution >= 4 is 30.3 Å². The van der Waals surface area contributed by atoms with E-state index in [9.17, 15) is 19.3 Å². The quantitative estimate of drug-likeness (QED) is 0.240. The molecule has 0 spiro atoms. The number of anilines is 1. The number of aliphatic hydroxyl groups is 1. The van der Waals surface area contributed by atoms with Crippen LogP contribution in [0, 0.1) is 5.92 Å². The molecular formula is C27H35N4O8P. The number of ether oxygens (including phenoxy) is 2. The summed E-state index contributed by atoms with van der Waals surface area (Å²) < 4.78 is 38.7. The number of aromatic nitrogens is 2. The Labute approximate surface area is 232 Å². The third-order valence-corrected chi connectivity index (χ3v) is 8.29. The van der Waals surface area contributed by atoms with Gasteiger partial charge in [-0.05, 0) is 45.2 Å². The normalized spacial score (nSPS) is 24.0. The summed E-state index contributed by atoms with van der Waals surface area (Å²) in [5.41, 5.74) is 4.96. The molecule has 40 heavy (non-hydrogen) atoms. The zero-order chi connectivity index (χ0) is 29.2. The van der Waals surface area contributed by atoms with Gasteiger partial charge >= 0.3 is 19.4 Å². The molecule has 3 aromatic rings. The fraction of sp³-hybridized carbons (Fsp3) is 0.444. The second-order valence-electron chi connectivity index (χ2n) is 10.1. The molecule has 1 aliphatic rings. The standard InChI is InChI=1S/C27H35N4O8P/c1-15(2)36-26(33)17(4)30-40(35,39-21-12-8-10-19-9-6-7-11-20(19)21)38-18(5)24-23(32)16(3)25(37-24)31-14-13-22(28)29-27(31)34/h6-18,23-25,32H,1-5H3,(H,30,35)(H2,28,29,34)/t16-,17?,18?,23-,24+,25+,40?/m0/s1. The first-order valence-corrected chi connectivity index (χ1v) is 14.5. The van der Waals surface area contributed by atoms with Gasteiger partial charge in [0.15, 0.2) is 0 Å². The molecule has 4 N–H and O–H groups in total. The Morgan fingerprint density at radius 3 is 2.55 bits per heavy atom. The first-order valence-electron chi connectivity index (χ1n) is 13.0. The minimum absolute atomic E-state index is 0.0587. The van der Waals surface area contributed by atoms with Gasteiger partial charge < -0.3 is 24.8 Å². The molecule has 1 fully saturated rings. The first-order chi connectivity index (χ1) is 18.9. The summed E-state index contributed by atoms with van der Waals surface area (Å²) in [4.78, 5) is 28.7. The topological polar surface area (TPSA) is 164 Å². The van der Waals surface area contributed by atoms with Gasteiger partial charge in [0.2, 0.25) is 0 Å². The maximum atomic E-state index is 14.2. The van der Waals surface area contributed by atoms with E-state index in [4.69, 9.17) is 24.3 Å². The van der Waals surface area contributed by atoms with Gasteiger partial charge in [0.05, 0.1) is 18.3 Å². The summed E-state index contributed by atoms with van der Waals surface area (Å²) in [6.45, 7) is 8.16. The average Bonchev–Trinajstić information content (AvgIpc) is 3.18. The molecule has 1 saturated heterocycles. The number of carbonyl (C=O) groups excluding carboxylic acids is 1. The van der Waals surface area contributed by atoms with E-state index in [2.05, 4.69) is 10.1 Å². The van der Waals surface area contributed by atoms with Crippen LogP contribution in [0.5, 0.6) is 5.75 Å². The second kappa shape index (κ2) is 12.1. The number of carbonyl (C=O) groups is 1. The lowest BCUT2D eigenvalue weighted by Crippen LogP contribution is -2.40. The monoisotopic (exact) mass is 574 g/mol. The van der Waals surface area contributed by atoms with Crippen LogP contribution >= 0.6 is 7.75 Å². The molecule has 12 nitrogen and oxygen atoms in total. The zero-order valence-electron chi connectivity index (χ0n) is 23.0. The van der Waals surface area contributed by atoms with Gasteiger partial charge in [0, 0.05) is 17.5 Å². The molecular weight excluding hydrogens is 539 g/mol. The fourth-order valence-corrected chi connectivity index (χ4v) is 6.26. The number of nitrogens with zero attached hydrogens (tertiary/aromatic N) is 2. The van der Waals surface area contributed by atoms with Crippen LogP contribution in [0.2, 0.25) is 0 Å². The van der Waals surface area contributed by atoms with Crippen LogP contribution in [-0.2, 0) is 23.4 Å². The van der Waals surface area contributed by atoms with Gasteiger partial charge in [-0.3, -0.25) is 13.9 Å². The highest BCUT2D eigenvalue weighted by Crippen LogP contribution is 2.49. The van der Waals surface area contributed by atoms with E-state index in [0.29, 0.717) is 5.39 Å². The molecule has 3 unspecified atom stereocenters. The Hall–Kier alpha value is -3.28. The molecule has 0 radical (unpaired) electrons. The van der Waals surface area contributed by atoms with E-state index < -0.39 is 55.9 Å². The number of hydrogen-bond acceptors (Lipinski definition) is 10. The minimum Gasteiger partial charge on any atom is -0.462 e. The Kier molecular flexibility index (Phi) is 8.96. The number of rotatable bonds is 10. The lowest BCUT2D eigenvalue weighted by molar-refractivity contribution is -0.149. The summed E-state index contributed by atoms with van der Waals surface area (Å²) in [5, 5.41) is 15.2. The van der Waals surface area contributed by atoms with E-state index in [1.165, 1.54) is 23.8 Å². The SMILES string of the molecule is CC(C)OC(=O)C(C)NP(=O)(Oc1cccc2ccccc12)OC(C)[C@H]1O[C@@H](n2ccc(N)nc2=O)[C@@H](C)[C@@H]1O. The number of esters is 1. The average molecular weight is 575 g/mol. The van der Waals surface area contributed by atoms with Gasteiger partial charge in [0.25, 0.3) is 0 Å². The molecule has 0 amide bonds. The van der Waals surface area contributed by atoms with Crippen molar-refractivity contribution in [2.75, 3.05) is 5.73 Å². The second-order valence-corrected chi connectivity index (χ2v) is 11.7. The third-order valence-electron chi connectivity index (χ3n) is 6.54. The Morgan fingerprint density at radius 1 is 1.15 bits per heavy atom. The number of nitrogen functional groups attached to an aromatic ring is 1. The first kappa shape index (κ1) is 29.7. The summed E-state index contributed by atoms with van der Waals surface area (Å²) in [6.07, 6.45) is -2.95. The minimum atomic E-state index is -4.30. The lowest BCUT2D eigenvalue weighted by Gasteiger charge is -2.29.